The Morgan fingerprint density at radius 3 is 2.58 bits per heavy atom. The fourth-order valence-electron chi connectivity index (χ4n) is 4.38. The maximum Gasteiger partial charge on any atom is 0.336 e. The first-order valence-corrected chi connectivity index (χ1v) is 10.5. The van der Waals surface area contributed by atoms with Gasteiger partial charge in [0.15, 0.2) is 17.3 Å². The van der Waals surface area contributed by atoms with Gasteiger partial charge in [-0.1, -0.05) is 0 Å². The quantitative estimate of drug-likeness (QED) is 0.510. The molecule has 160 valence electrons. The van der Waals surface area contributed by atoms with Crippen LogP contribution < -0.4 is 15.1 Å². The average Bonchev–Trinajstić information content (AvgIpc) is 2.78. The number of nitrogens with zero attached hydrogens (tertiary/aromatic N) is 1. The topological polar surface area (TPSA) is 89.2 Å². The van der Waals surface area contributed by atoms with Crippen LogP contribution in [0, 0.1) is 5.92 Å². The van der Waals surface area contributed by atoms with Crippen LogP contribution in [0.5, 0.6) is 17.2 Å². The Balaban J connectivity index is 1.26. The van der Waals surface area contributed by atoms with Crippen LogP contribution in [0.3, 0.4) is 0 Å². The molecule has 3 heterocycles. The van der Waals surface area contributed by atoms with Crippen molar-refractivity contribution >= 4 is 16.8 Å². The number of carbonyl (C=O) groups is 1. The average molecular weight is 421 g/mol. The summed E-state index contributed by atoms with van der Waals surface area (Å²) in [6.07, 6.45) is 1.51. The molecular formula is C24H23NO6. The van der Waals surface area contributed by atoms with E-state index in [-0.39, 0.29) is 17.5 Å². The Kier molecular flexibility index (Phi) is 5.11. The molecule has 0 aliphatic carbocycles. The molecule has 3 aromatic rings. The standard InChI is InChI=1S/C24H23NO6/c26-18-2-3-19-17(12-23(27)31-21(19)13-18)14-25-7-5-15(6-8-25)24(28)16-1-4-20-22(11-16)30-10-9-29-20/h1-4,11-13,15,26H,5-10,14H2. The van der Waals surface area contributed by atoms with Gasteiger partial charge in [-0.25, -0.2) is 4.79 Å². The first kappa shape index (κ1) is 19.6. The van der Waals surface area contributed by atoms with Gasteiger partial charge in [0, 0.05) is 35.5 Å². The number of phenols is 1. The zero-order chi connectivity index (χ0) is 21.4. The van der Waals surface area contributed by atoms with Crippen molar-refractivity contribution in [1.82, 2.24) is 4.90 Å². The van der Waals surface area contributed by atoms with Crippen LogP contribution in [0.1, 0.15) is 28.8 Å². The Morgan fingerprint density at radius 1 is 1.00 bits per heavy atom. The van der Waals surface area contributed by atoms with Gasteiger partial charge < -0.3 is 19.0 Å². The minimum Gasteiger partial charge on any atom is -0.508 e. The van der Waals surface area contributed by atoms with Gasteiger partial charge in [-0.15, -0.1) is 0 Å². The zero-order valence-electron chi connectivity index (χ0n) is 17.0. The normalized spacial score (nSPS) is 17.0. The molecule has 1 saturated heterocycles. The van der Waals surface area contributed by atoms with Crippen molar-refractivity contribution in [2.24, 2.45) is 5.92 Å². The Morgan fingerprint density at radius 2 is 1.77 bits per heavy atom. The monoisotopic (exact) mass is 421 g/mol. The lowest BCUT2D eigenvalue weighted by molar-refractivity contribution is 0.0834. The lowest BCUT2D eigenvalue weighted by Gasteiger charge is -2.31. The van der Waals surface area contributed by atoms with E-state index in [0.29, 0.717) is 42.4 Å². The molecule has 0 saturated carbocycles. The maximum absolute atomic E-state index is 13.0. The van der Waals surface area contributed by atoms with Crippen molar-refractivity contribution in [2.75, 3.05) is 26.3 Å². The highest BCUT2D eigenvalue weighted by Gasteiger charge is 2.27. The van der Waals surface area contributed by atoms with Crippen molar-refractivity contribution in [2.45, 2.75) is 19.4 Å². The Bertz CT molecular complexity index is 1190. The van der Waals surface area contributed by atoms with Crippen molar-refractivity contribution in [3.05, 3.63) is 64.0 Å². The van der Waals surface area contributed by atoms with E-state index >= 15 is 0 Å². The van der Waals surface area contributed by atoms with Gasteiger partial charge in [-0.2, -0.15) is 0 Å². The molecule has 1 aromatic heterocycles. The molecule has 7 nitrogen and oxygen atoms in total. The van der Waals surface area contributed by atoms with E-state index in [1.165, 1.54) is 12.1 Å². The van der Waals surface area contributed by atoms with E-state index in [4.69, 9.17) is 13.9 Å². The number of ether oxygens (including phenoxy) is 2. The number of hydrogen-bond acceptors (Lipinski definition) is 7. The van der Waals surface area contributed by atoms with Crippen LogP contribution in [0.25, 0.3) is 11.0 Å². The lowest BCUT2D eigenvalue weighted by atomic mass is 9.88. The number of ketones is 1. The number of phenolic OH excluding ortho intramolecular Hbond substituents is 1. The minimum atomic E-state index is -0.434. The van der Waals surface area contributed by atoms with Gasteiger partial charge in [0.1, 0.15) is 24.5 Å². The molecular weight excluding hydrogens is 398 g/mol. The van der Waals surface area contributed by atoms with E-state index in [2.05, 4.69) is 4.90 Å². The molecule has 2 aromatic carbocycles. The summed E-state index contributed by atoms with van der Waals surface area (Å²) in [6, 6.07) is 11.7. The molecule has 1 fully saturated rings. The molecule has 0 atom stereocenters. The fourth-order valence-corrected chi connectivity index (χ4v) is 4.38. The van der Waals surface area contributed by atoms with Gasteiger partial charge in [0.2, 0.25) is 0 Å². The van der Waals surface area contributed by atoms with Crippen LogP contribution in [0.4, 0.5) is 0 Å². The highest BCUT2D eigenvalue weighted by molar-refractivity contribution is 5.98. The van der Waals surface area contributed by atoms with E-state index in [9.17, 15) is 14.7 Å². The molecule has 0 unspecified atom stereocenters. The Labute approximate surface area is 178 Å². The summed E-state index contributed by atoms with van der Waals surface area (Å²) in [5.74, 6) is 1.48. The third-order valence-corrected chi connectivity index (χ3v) is 5.99. The van der Waals surface area contributed by atoms with E-state index in [1.807, 2.05) is 6.07 Å². The zero-order valence-corrected chi connectivity index (χ0v) is 17.0. The number of carbonyl (C=O) groups excluding carboxylic acids is 1. The predicted octanol–water partition coefficient (Wildman–Crippen LogP) is 3.36. The summed E-state index contributed by atoms with van der Waals surface area (Å²) in [4.78, 5) is 27.2. The van der Waals surface area contributed by atoms with Crippen LogP contribution >= 0.6 is 0 Å². The van der Waals surface area contributed by atoms with Crippen LogP contribution in [0.15, 0.2) is 51.7 Å². The molecule has 31 heavy (non-hydrogen) atoms. The highest BCUT2D eigenvalue weighted by atomic mass is 16.6. The maximum atomic E-state index is 13.0. The summed E-state index contributed by atoms with van der Waals surface area (Å²) in [6.45, 7) is 3.15. The third kappa shape index (κ3) is 4.01. The molecule has 1 N–H and O–H groups in total. The summed E-state index contributed by atoms with van der Waals surface area (Å²) >= 11 is 0. The number of aromatic hydroxyl groups is 1. The number of hydrogen-bond donors (Lipinski definition) is 1. The van der Waals surface area contributed by atoms with Crippen LogP contribution in [-0.2, 0) is 6.54 Å². The van der Waals surface area contributed by atoms with Gasteiger partial charge in [0.05, 0.1) is 0 Å². The predicted molar refractivity (Wildman–Crippen MR) is 114 cm³/mol. The van der Waals surface area contributed by atoms with Gasteiger partial charge in [0.25, 0.3) is 0 Å². The van der Waals surface area contributed by atoms with Crippen LogP contribution in [0.2, 0.25) is 0 Å². The SMILES string of the molecule is O=C(c1ccc2c(c1)OCCO2)C1CCN(Cc2cc(=O)oc3cc(O)ccc23)CC1. The first-order chi connectivity index (χ1) is 15.1. The number of likely N-dealkylation sites (tertiary alicyclic amines) is 1. The summed E-state index contributed by atoms with van der Waals surface area (Å²) in [7, 11) is 0. The van der Waals surface area contributed by atoms with Crippen molar-refractivity contribution in [1.29, 1.82) is 0 Å². The summed E-state index contributed by atoms with van der Waals surface area (Å²) in [5, 5.41) is 10.5. The molecule has 0 radical (unpaired) electrons. The van der Waals surface area contributed by atoms with Crippen molar-refractivity contribution in [3.8, 4) is 17.2 Å². The summed E-state index contributed by atoms with van der Waals surface area (Å²) < 4.78 is 16.3. The molecule has 2 aliphatic heterocycles. The Hall–Kier alpha value is -3.32. The van der Waals surface area contributed by atoms with Crippen LogP contribution in [-0.4, -0.2) is 42.1 Å². The number of rotatable bonds is 4. The highest BCUT2D eigenvalue weighted by Crippen LogP contribution is 2.33. The fraction of sp³-hybridized carbons (Fsp3) is 0.333. The second-order valence-electron chi connectivity index (χ2n) is 8.04. The lowest BCUT2D eigenvalue weighted by Crippen LogP contribution is -2.36. The second kappa shape index (κ2) is 8.07. The smallest absolute Gasteiger partial charge is 0.336 e. The first-order valence-electron chi connectivity index (χ1n) is 10.5. The van der Waals surface area contributed by atoms with E-state index in [1.54, 1.807) is 24.3 Å². The number of fused-ring (bicyclic) bond motifs is 2. The molecule has 5 rings (SSSR count). The molecule has 0 spiro atoms. The van der Waals surface area contributed by atoms with E-state index in [0.717, 1.165) is 36.9 Å². The van der Waals surface area contributed by atoms with Gasteiger partial charge in [-0.3, -0.25) is 9.69 Å². The largest absolute Gasteiger partial charge is 0.508 e. The number of benzene rings is 2. The number of piperidine rings is 1. The number of Topliss-reactive ketones (excluding diaryl/α,β-unsaturated/α-hetero) is 1. The molecule has 2 aliphatic rings. The van der Waals surface area contributed by atoms with E-state index < -0.39 is 5.63 Å². The molecule has 0 amide bonds. The van der Waals surface area contributed by atoms with Crippen molar-refractivity contribution < 1.29 is 23.8 Å². The third-order valence-electron chi connectivity index (χ3n) is 5.99. The van der Waals surface area contributed by atoms with Gasteiger partial charge >= 0.3 is 5.63 Å². The van der Waals surface area contributed by atoms with Crippen molar-refractivity contribution in [3.63, 3.8) is 0 Å². The summed E-state index contributed by atoms with van der Waals surface area (Å²) in [5.41, 5.74) is 1.47. The molecule has 7 heteroatoms. The van der Waals surface area contributed by atoms with Gasteiger partial charge in [-0.05, 0) is 61.8 Å². The minimum absolute atomic E-state index is 0.0339. The second-order valence-corrected chi connectivity index (χ2v) is 8.04. The molecule has 0 bridgehead atoms.